The summed E-state index contributed by atoms with van der Waals surface area (Å²) in [5.41, 5.74) is 2.32. The third kappa shape index (κ3) is 3.89. The number of nitrogens with zero attached hydrogens (tertiary/aromatic N) is 2. The van der Waals surface area contributed by atoms with E-state index in [4.69, 9.17) is 9.47 Å². The zero-order valence-electron chi connectivity index (χ0n) is 16.2. The minimum Gasteiger partial charge on any atom is -0.497 e. The van der Waals surface area contributed by atoms with Gasteiger partial charge in [0, 0.05) is 37.4 Å². The van der Waals surface area contributed by atoms with Gasteiger partial charge in [-0.3, -0.25) is 0 Å². The number of benzene rings is 2. The molecular weight excluding hydrogens is 364 g/mol. The predicted octanol–water partition coefficient (Wildman–Crippen LogP) is 2.91. The molecule has 1 fully saturated rings. The van der Waals surface area contributed by atoms with Crippen LogP contribution >= 0.6 is 0 Å². The summed E-state index contributed by atoms with van der Waals surface area (Å²) in [5.74, 6) is 0.810. The Bertz CT molecular complexity index is 897. The Morgan fingerprint density at radius 1 is 1.00 bits per heavy atom. The second kappa shape index (κ2) is 7.78. The molecule has 1 unspecified atom stereocenters. The van der Waals surface area contributed by atoms with E-state index in [0.29, 0.717) is 31.1 Å². The molecule has 2 aromatic rings. The third-order valence-electron chi connectivity index (χ3n) is 4.94. The molecule has 0 aromatic heterocycles. The maximum atomic E-state index is 13.2. The Morgan fingerprint density at radius 3 is 2.30 bits per heavy atom. The van der Waals surface area contributed by atoms with Crippen LogP contribution in [-0.2, 0) is 10.0 Å². The number of piperazine rings is 1. The molecule has 0 radical (unpaired) electrons. The summed E-state index contributed by atoms with van der Waals surface area (Å²) in [4.78, 5) is 2.38. The molecular formula is C20H26N2O4S. The van der Waals surface area contributed by atoms with Gasteiger partial charge in [0.25, 0.3) is 0 Å². The van der Waals surface area contributed by atoms with Gasteiger partial charge in [0.2, 0.25) is 10.0 Å². The summed E-state index contributed by atoms with van der Waals surface area (Å²) < 4.78 is 38.5. The summed E-state index contributed by atoms with van der Waals surface area (Å²) >= 11 is 0. The van der Waals surface area contributed by atoms with Gasteiger partial charge in [0.1, 0.15) is 16.4 Å². The van der Waals surface area contributed by atoms with Crippen LogP contribution in [0.25, 0.3) is 0 Å². The zero-order valence-corrected chi connectivity index (χ0v) is 17.0. The molecule has 0 amide bonds. The summed E-state index contributed by atoms with van der Waals surface area (Å²) in [6, 6.07) is 13.2. The Labute approximate surface area is 161 Å². The zero-order chi connectivity index (χ0) is 19.6. The lowest BCUT2D eigenvalue weighted by Gasteiger charge is -2.40. The fourth-order valence-corrected chi connectivity index (χ4v) is 5.07. The highest BCUT2D eigenvalue weighted by Crippen LogP contribution is 2.32. The van der Waals surface area contributed by atoms with Crippen molar-refractivity contribution in [2.24, 2.45) is 0 Å². The molecule has 146 valence electrons. The minimum atomic E-state index is -3.68. The Kier molecular flexibility index (Phi) is 5.62. The highest BCUT2D eigenvalue weighted by Gasteiger charge is 2.34. The molecule has 27 heavy (non-hydrogen) atoms. The van der Waals surface area contributed by atoms with Crippen LogP contribution in [0.4, 0.5) is 5.69 Å². The van der Waals surface area contributed by atoms with Gasteiger partial charge < -0.3 is 14.4 Å². The normalized spacial score (nSPS) is 18.4. The van der Waals surface area contributed by atoms with E-state index in [0.717, 1.165) is 5.69 Å². The van der Waals surface area contributed by atoms with Crippen molar-refractivity contribution in [1.82, 2.24) is 4.31 Å². The highest BCUT2D eigenvalue weighted by molar-refractivity contribution is 7.89. The van der Waals surface area contributed by atoms with E-state index in [1.165, 1.54) is 30.2 Å². The van der Waals surface area contributed by atoms with Crippen molar-refractivity contribution in [3.05, 3.63) is 48.0 Å². The fraction of sp³-hybridized carbons (Fsp3) is 0.400. The highest BCUT2D eigenvalue weighted by atomic mass is 32.2. The molecule has 0 aliphatic carbocycles. The SMILES string of the molecule is COc1ccc(OC)c(S(=O)(=O)N2CCN(c3ccc(C)cc3)C(C)C2)c1. The van der Waals surface area contributed by atoms with Crippen LogP contribution in [0.5, 0.6) is 11.5 Å². The number of methoxy groups -OCH3 is 2. The van der Waals surface area contributed by atoms with Crippen molar-refractivity contribution < 1.29 is 17.9 Å². The number of rotatable bonds is 5. The molecule has 1 saturated heterocycles. The van der Waals surface area contributed by atoms with Gasteiger partial charge in [-0.05, 0) is 38.1 Å². The van der Waals surface area contributed by atoms with Crippen LogP contribution in [0.2, 0.25) is 0 Å². The van der Waals surface area contributed by atoms with Crippen LogP contribution in [0.1, 0.15) is 12.5 Å². The van der Waals surface area contributed by atoms with Gasteiger partial charge in [0.05, 0.1) is 14.2 Å². The maximum Gasteiger partial charge on any atom is 0.247 e. The van der Waals surface area contributed by atoms with E-state index in [-0.39, 0.29) is 10.9 Å². The van der Waals surface area contributed by atoms with E-state index in [2.05, 4.69) is 36.1 Å². The predicted molar refractivity (Wildman–Crippen MR) is 106 cm³/mol. The Hall–Kier alpha value is -2.25. The largest absolute Gasteiger partial charge is 0.497 e. The first kappa shape index (κ1) is 19.5. The van der Waals surface area contributed by atoms with Gasteiger partial charge in [-0.15, -0.1) is 0 Å². The van der Waals surface area contributed by atoms with Crippen molar-refractivity contribution >= 4 is 15.7 Å². The number of hydrogen-bond donors (Lipinski definition) is 0. The van der Waals surface area contributed by atoms with E-state index in [1.807, 2.05) is 6.92 Å². The second-order valence-electron chi connectivity index (χ2n) is 6.76. The number of ether oxygens (including phenoxy) is 2. The number of anilines is 1. The lowest BCUT2D eigenvalue weighted by atomic mass is 10.1. The Balaban J connectivity index is 1.85. The molecule has 0 saturated carbocycles. The van der Waals surface area contributed by atoms with Gasteiger partial charge in [-0.25, -0.2) is 8.42 Å². The first-order valence-corrected chi connectivity index (χ1v) is 10.4. The van der Waals surface area contributed by atoms with Crippen molar-refractivity contribution in [2.45, 2.75) is 24.8 Å². The van der Waals surface area contributed by atoms with Crippen LogP contribution in [0.3, 0.4) is 0 Å². The first-order valence-electron chi connectivity index (χ1n) is 8.92. The average Bonchev–Trinajstić information content (AvgIpc) is 2.68. The molecule has 1 aliphatic rings. The molecule has 0 N–H and O–H groups in total. The summed E-state index contributed by atoms with van der Waals surface area (Å²) in [5, 5.41) is 0. The molecule has 7 heteroatoms. The summed E-state index contributed by atoms with van der Waals surface area (Å²) in [7, 11) is -0.695. The van der Waals surface area contributed by atoms with E-state index in [1.54, 1.807) is 12.1 Å². The van der Waals surface area contributed by atoms with E-state index in [9.17, 15) is 8.42 Å². The van der Waals surface area contributed by atoms with Gasteiger partial charge in [-0.2, -0.15) is 4.31 Å². The smallest absolute Gasteiger partial charge is 0.247 e. The van der Waals surface area contributed by atoms with Crippen LogP contribution in [0.15, 0.2) is 47.4 Å². The number of sulfonamides is 1. The van der Waals surface area contributed by atoms with Crippen molar-refractivity contribution in [3.63, 3.8) is 0 Å². The van der Waals surface area contributed by atoms with Crippen molar-refractivity contribution in [3.8, 4) is 11.5 Å². The molecule has 2 aromatic carbocycles. The van der Waals surface area contributed by atoms with Gasteiger partial charge in [-0.1, -0.05) is 17.7 Å². The van der Waals surface area contributed by atoms with E-state index >= 15 is 0 Å². The fourth-order valence-electron chi connectivity index (χ4n) is 3.39. The molecule has 3 rings (SSSR count). The van der Waals surface area contributed by atoms with Crippen molar-refractivity contribution in [2.75, 3.05) is 38.8 Å². The number of aryl methyl sites for hydroxylation is 1. The molecule has 0 spiro atoms. The van der Waals surface area contributed by atoms with E-state index < -0.39 is 10.0 Å². The minimum absolute atomic E-state index is 0.0628. The topological polar surface area (TPSA) is 59.1 Å². The quantitative estimate of drug-likeness (QED) is 0.786. The van der Waals surface area contributed by atoms with Crippen LogP contribution in [-0.4, -0.2) is 52.6 Å². The summed E-state index contributed by atoms with van der Waals surface area (Å²) in [6.45, 7) is 5.57. The monoisotopic (exact) mass is 390 g/mol. The summed E-state index contributed by atoms with van der Waals surface area (Å²) in [6.07, 6.45) is 0. The maximum absolute atomic E-state index is 13.2. The lowest BCUT2D eigenvalue weighted by molar-refractivity contribution is 0.338. The first-order chi connectivity index (χ1) is 12.9. The molecule has 1 aliphatic heterocycles. The standard InChI is InChI=1S/C20H26N2O4S/c1-15-5-7-17(8-6-15)22-12-11-21(14-16(22)2)27(23,24)20-13-18(25-3)9-10-19(20)26-4/h5-10,13,16H,11-12,14H2,1-4H3. The number of hydrogen-bond acceptors (Lipinski definition) is 5. The van der Waals surface area contributed by atoms with Crippen molar-refractivity contribution in [1.29, 1.82) is 0 Å². The second-order valence-corrected chi connectivity index (χ2v) is 8.66. The van der Waals surface area contributed by atoms with Gasteiger partial charge in [0.15, 0.2) is 0 Å². The molecule has 6 nitrogen and oxygen atoms in total. The lowest BCUT2D eigenvalue weighted by Crippen LogP contribution is -2.53. The van der Waals surface area contributed by atoms with Gasteiger partial charge >= 0.3 is 0 Å². The molecule has 1 heterocycles. The molecule has 0 bridgehead atoms. The average molecular weight is 391 g/mol. The molecule has 1 atom stereocenters. The van der Waals surface area contributed by atoms with Crippen LogP contribution in [0, 0.1) is 6.92 Å². The third-order valence-corrected chi connectivity index (χ3v) is 6.83. The van der Waals surface area contributed by atoms with Crippen LogP contribution < -0.4 is 14.4 Å². The Morgan fingerprint density at radius 2 is 1.70 bits per heavy atom.